The van der Waals surface area contributed by atoms with Crippen LogP contribution in [0.25, 0.3) is 0 Å². The highest BCUT2D eigenvalue weighted by atomic mass is 16.4. The number of allylic oxidation sites excluding steroid dienone is 1. The number of carbonyl (C=O) groups is 1. The van der Waals surface area contributed by atoms with Crippen LogP contribution in [-0.2, 0) is 4.79 Å². The van der Waals surface area contributed by atoms with Crippen LogP contribution in [0.1, 0.15) is 33.1 Å². The summed E-state index contributed by atoms with van der Waals surface area (Å²) >= 11 is 0. The predicted octanol–water partition coefficient (Wildman–Crippen LogP) is 2.70. The lowest BCUT2D eigenvalue weighted by atomic mass is 9.64. The molecular weight excluding hydrogens is 164 g/mol. The van der Waals surface area contributed by atoms with E-state index in [1.165, 1.54) is 0 Å². The molecular formula is C11H18O2. The van der Waals surface area contributed by atoms with E-state index in [0.29, 0.717) is 5.92 Å². The summed E-state index contributed by atoms with van der Waals surface area (Å²) in [4.78, 5) is 11.1. The maximum absolute atomic E-state index is 11.1. The predicted molar refractivity (Wildman–Crippen MR) is 52.4 cm³/mol. The molecule has 2 nitrogen and oxygen atoms in total. The summed E-state index contributed by atoms with van der Waals surface area (Å²) in [6, 6.07) is 0. The van der Waals surface area contributed by atoms with Gasteiger partial charge in [-0.15, -0.1) is 6.58 Å². The molecule has 1 saturated carbocycles. The molecule has 0 amide bonds. The van der Waals surface area contributed by atoms with E-state index < -0.39 is 11.4 Å². The Labute approximate surface area is 79.6 Å². The lowest BCUT2D eigenvalue weighted by molar-refractivity contribution is -0.153. The summed E-state index contributed by atoms with van der Waals surface area (Å²) in [5.74, 6) is -0.0116. The molecule has 0 radical (unpaired) electrons. The molecule has 3 atom stereocenters. The zero-order valence-electron chi connectivity index (χ0n) is 8.42. The quantitative estimate of drug-likeness (QED) is 0.667. The molecule has 1 rings (SSSR count). The molecule has 1 N–H and O–H groups in total. The summed E-state index contributed by atoms with van der Waals surface area (Å²) in [6.45, 7) is 7.69. The highest BCUT2D eigenvalue weighted by molar-refractivity contribution is 5.75. The summed E-state index contributed by atoms with van der Waals surface area (Å²) in [5.41, 5.74) is -0.584. The van der Waals surface area contributed by atoms with Gasteiger partial charge in [0.2, 0.25) is 0 Å². The van der Waals surface area contributed by atoms with Gasteiger partial charge in [-0.1, -0.05) is 19.4 Å². The zero-order valence-corrected chi connectivity index (χ0v) is 8.42. The standard InChI is InChI=1S/C11H18O2/c1-4-9-6-5-8(2)7-11(9,3)10(12)13/h4,8-9H,1,5-7H2,2-3H3,(H,12,13). The van der Waals surface area contributed by atoms with Crippen LogP contribution in [0, 0.1) is 17.3 Å². The number of aliphatic carboxylic acids is 1. The van der Waals surface area contributed by atoms with Gasteiger partial charge < -0.3 is 5.11 Å². The minimum atomic E-state index is -0.677. The van der Waals surface area contributed by atoms with Gasteiger partial charge in [0.05, 0.1) is 5.41 Å². The van der Waals surface area contributed by atoms with Gasteiger partial charge in [-0.25, -0.2) is 0 Å². The van der Waals surface area contributed by atoms with Crippen molar-refractivity contribution in [3.05, 3.63) is 12.7 Å². The molecule has 1 aliphatic rings. The van der Waals surface area contributed by atoms with E-state index in [2.05, 4.69) is 13.5 Å². The Morgan fingerprint density at radius 3 is 2.69 bits per heavy atom. The van der Waals surface area contributed by atoms with Crippen molar-refractivity contribution >= 4 is 5.97 Å². The van der Waals surface area contributed by atoms with E-state index in [1.807, 2.05) is 6.92 Å². The number of carboxylic acid groups (broad SMARTS) is 1. The van der Waals surface area contributed by atoms with E-state index in [-0.39, 0.29) is 5.92 Å². The molecule has 1 fully saturated rings. The Morgan fingerprint density at radius 2 is 2.23 bits per heavy atom. The van der Waals surface area contributed by atoms with Gasteiger partial charge in [0, 0.05) is 0 Å². The van der Waals surface area contributed by atoms with Gasteiger partial charge in [-0.05, 0) is 31.6 Å². The molecule has 0 aromatic carbocycles. The Balaban J connectivity index is 2.87. The van der Waals surface area contributed by atoms with Crippen molar-refractivity contribution in [2.45, 2.75) is 33.1 Å². The van der Waals surface area contributed by atoms with E-state index in [1.54, 1.807) is 6.08 Å². The Morgan fingerprint density at radius 1 is 1.62 bits per heavy atom. The molecule has 0 heterocycles. The van der Waals surface area contributed by atoms with Crippen molar-refractivity contribution in [3.63, 3.8) is 0 Å². The minimum absolute atomic E-state index is 0.140. The van der Waals surface area contributed by atoms with Gasteiger partial charge in [0.25, 0.3) is 0 Å². The van der Waals surface area contributed by atoms with Gasteiger partial charge in [-0.3, -0.25) is 4.79 Å². The number of hydrogen-bond donors (Lipinski definition) is 1. The Kier molecular flexibility index (Phi) is 2.79. The van der Waals surface area contributed by atoms with Crippen molar-refractivity contribution in [1.29, 1.82) is 0 Å². The molecule has 0 aromatic rings. The molecule has 2 heteroatoms. The van der Waals surface area contributed by atoms with Crippen LogP contribution in [0.4, 0.5) is 0 Å². The second-order valence-corrected chi connectivity index (χ2v) is 4.45. The third kappa shape index (κ3) is 1.77. The molecule has 3 unspecified atom stereocenters. The Hall–Kier alpha value is -0.790. The molecule has 0 bridgehead atoms. The summed E-state index contributed by atoms with van der Waals surface area (Å²) in [5, 5.41) is 9.17. The first-order valence-corrected chi connectivity index (χ1v) is 4.86. The summed E-state index contributed by atoms with van der Waals surface area (Å²) in [7, 11) is 0. The first kappa shape index (κ1) is 10.3. The molecule has 0 saturated heterocycles. The highest BCUT2D eigenvalue weighted by Gasteiger charge is 2.43. The number of rotatable bonds is 2. The fourth-order valence-corrected chi connectivity index (χ4v) is 2.38. The fraction of sp³-hybridized carbons (Fsp3) is 0.727. The van der Waals surface area contributed by atoms with Crippen molar-refractivity contribution in [1.82, 2.24) is 0 Å². The second kappa shape index (κ2) is 3.52. The summed E-state index contributed by atoms with van der Waals surface area (Å²) in [6.07, 6.45) is 4.67. The molecule has 0 spiro atoms. The third-order valence-electron chi connectivity index (χ3n) is 3.33. The van der Waals surface area contributed by atoms with E-state index in [9.17, 15) is 4.79 Å². The average Bonchev–Trinajstić information content (AvgIpc) is 2.04. The average molecular weight is 182 g/mol. The molecule has 13 heavy (non-hydrogen) atoms. The SMILES string of the molecule is C=CC1CCC(C)CC1(C)C(=O)O. The van der Waals surface area contributed by atoms with Crippen molar-refractivity contribution in [3.8, 4) is 0 Å². The second-order valence-electron chi connectivity index (χ2n) is 4.45. The fourth-order valence-electron chi connectivity index (χ4n) is 2.38. The lowest BCUT2D eigenvalue weighted by Gasteiger charge is -2.39. The smallest absolute Gasteiger partial charge is 0.309 e. The normalized spacial score (nSPS) is 39.8. The van der Waals surface area contributed by atoms with Crippen LogP contribution in [0.5, 0.6) is 0 Å². The summed E-state index contributed by atoms with van der Waals surface area (Å²) < 4.78 is 0. The first-order chi connectivity index (χ1) is 6.00. The van der Waals surface area contributed by atoms with Crippen LogP contribution < -0.4 is 0 Å². The third-order valence-corrected chi connectivity index (χ3v) is 3.33. The maximum Gasteiger partial charge on any atom is 0.309 e. The number of hydrogen-bond acceptors (Lipinski definition) is 1. The first-order valence-electron chi connectivity index (χ1n) is 4.86. The van der Waals surface area contributed by atoms with Crippen molar-refractivity contribution in [2.75, 3.05) is 0 Å². The van der Waals surface area contributed by atoms with Gasteiger partial charge in [-0.2, -0.15) is 0 Å². The van der Waals surface area contributed by atoms with Gasteiger partial charge >= 0.3 is 5.97 Å². The van der Waals surface area contributed by atoms with Crippen LogP contribution in [0.3, 0.4) is 0 Å². The lowest BCUT2D eigenvalue weighted by Crippen LogP contribution is -2.39. The monoisotopic (exact) mass is 182 g/mol. The molecule has 0 aromatic heterocycles. The molecule has 74 valence electrons. The number of carboxylic acids is 1. The minimum Gasteiger partial charge on any atom is -0.481 e. The zero-order chi connectivity index (χ0) is 10.1. The van der Waals surface area contributed by atoms with Crippen LogP contribution in [0.15, 0.2) is 12.7 Å². The van der Waals surface area contributed by atoms with E-state index >= 15 is 0 Å². The van der Waals surface area contributed by atoms with E-state index in [4.69, 9.17) is 5.11 Å². The van der Waals surface area contributed by atoms with Gasteiger partial charge in [0.1, 0.15) is 0 Å². The topological polar surface area (TPSA) is 37.3 Å². The van der Waals surface area contributed by atoms with Crippen molar-refractivity contribution < 1.29 is 9.90 Å². The van der Waals surface area contributed by atoms with Crippen LogP contribution >= 0.6 is 0 Å². The molecule has 0 aliphatic heterocycles. The van der Waals surface area contributed by atoms with Gasteiger partial charge in [0.15, 0.2) is 0 Å². The van der Waals surface area contributed by atoms with Crippen molar-refractivity contribution in [2.24, 2.45) is 17.3 Å². The Bertz CT molecular complexity index is 222. The van der Waals surface area contributed by atoms with Crippen LogP contribution in [-0.4, -0.2) is 11.1 Å². The molecule has 1 aliphatic carbocycles. The van der Waals surface area contributed by atoms with Crippen LogP contribution in [0.2, 0.25) is 0 Å². The highest BCUT2D eigenvalue weighted by Crippen LogP contribution is 2.44. The largest absolute Gasteiger partial charge is 0.481 e. The van der Waals surface area contributed by atoms with E-state index in [0.717, 1.165) is 19.3 Å². The maximum atomic E-state index is 11.1.